The summed E-state index contributed by atoms with van der Waals surface area (Å²) in [4.78, 5) is 12.3. The van der Waals surface area contributed by atoms with Crippen LogP contribution in [-0.2, 0) is 36.5 Å². The van der Waals surface area contributed by atoms with Crippen LogP contribution in [0.3, 0.4) is 0 Å². The van der Waals surface area contributed by atoms with Crippen LogP contribution in [0, 0.1) is 19.7 Å². The highest BCUT2D eigenvalue weighted by Crippen LogP contribution is 2.24. The quantitative estimate of drug-likeness (QED) is 0.156. The number of benzene rings is 3. The van der Waals surface area contributed by atoms with E-state index in [9.17, 15) is 9.18 Å². The third-order valence-corrected chi connectivity index (χ3v) is 7.40. The number of thioether (sulfide) groups is 1. The highest BCUT2D eigenvalue weighted by atomic mass is 32.2. The van der Waals surface area contributed by atoms with Gasteiger partial charge in [-0.05, 0) is 61.9 Å². The highest BCUT2D eigenvalue weighted by Gasteiger charge is 2.14. The zero-order chi connectivity index (χ0) is 26.7. The van der Waals surface area contributed by atoms with Gasteiger partial charge in [0.25, 0.3) is 0 Å². The van der Waals surface area contributed by atoms with Crippen molar-refractivity contribution >= 4 is 17.7 Å². The predicted octanol–water partition coefficient (Wildman–Crippen LogP) is 6.60. The van der Waals surface area contributed by atoms with Crippen LogP contribution < -0.4 is 5.32 Å². The smallest absolute Gasteiger partial charge is 0.220 e. The Labute approximate surface area is 228 Å². The predicted molar refractivity (Wildman–Crippen MR) is 151 cm³/mol. The van der Waals surface area contributed by atoms with Crippen molar-refractivity contribution in [1.29, 1.82) is 0 Å². The molecule has 0 aliphatic rings. The first kappa shape index (κ1) is 27.6. The standard InChI is InChI=1S/C31H35FN4OS/c1-23-18-24(2)20-27(19-23)22-38-31-35-34-29(36(31)17-16-25-8-4-3-5-9-25)10-6-7-11-30(37)33-21-26-12-14-28(32)15-13-26/h3-5,8-9,12-15,18-20H,6-7,10-11,16-17,21-22H2,1-2H3,(H,33,37). The second-order valence-electron chi connectivity index (χ2n) is 9.68. The van der Waals surface area contributed by atoms with Crippen molar-refractivity contribution in [2.24, 2.45) is 0 Å². The number of aromatic nitrogens is 3. The summed E-state index contributed by atoms with van der Waals surface area (Å²) in [5.41, 5.74) is 6.01. The summed E-state index contributed by atoms with van der Waals surface area (Å²) in [6.07, 6.45) is 3.76. The second-order valence-corrected chi connectivity index (χ2v) is 10.6. The molecular formula is C31H35FN4OS. The van der Waals surface area contributed by atoms with Crippen molar-refractivity contribution < 1.29 is 9.18 Å². The lowest BCUT2D eigenvalue weighted by Crippen LogP contribution is -2.22. The Bertz CT molecular complexity index is 1300. The van der Waals surface area contributed by atoms with Gasteiger partial charge in [0.15, 0.2) is 5.16 Å². The number of carbonyl (C=O) groups excluding carboxylic acids is 1. The molecule has 1 N–H and O–H groups in total. The van der Waals surface area contributed by atoms with E-state index in [0.29, 0.717) is 13.0 Å². The molecule has 7 heteroatoms. The molecular weight excluding hydrogens is 495 g/mol. The van der Waals surface area contributed by atoms with Crippen LogP contribution >= 0.6 is 11.8 Å². The second kappa shape index (κ2) is 13.9. The molecule has 0 aliphatic heterocycles. The lowest BCUT2D eigenvalue weighted by atomic mass is 10.1. The number of aryl methyl sites for hydroxylation is 4. The van der Waals surface area contributed by atoms with Gasteiger partial charge in [0, 0.05) is 31.7 Å². The highest BCUT2D eigenvalue weighted by molar-refractivity contribution is 7.98. The van der Waals surface area contributed by atoms with Gasteiger partial charge in [-0.2, -0.15) is 0 Å². The minimum atomic E-state index is -0.275. The Morgan fingerprint density at radius 1 is 0.868 bits per heavy atom. The molecule has 0 fully saturated rings. The molecule has 4 rings (SSSR count). The summed E-state index contributed by atoms with van der Waals surface area (Å²) in [7, 11) is 0. The largest absolute Gasteiger partial charge is 0.352 e. The summed E-state index contributed by atoms with van der Waals surface area (Å²) in [6.45, 7) is 5.49. The fraction of sp³-hybridized carbons (Fsp3) is 0.323. The van der Waals surface area contributed by atoms with Gasteiger partial charge in [0.1, 0.15) is 11.6 Å². The fourth-order valence-corrected chi connectivity index (χ4v) is 5.39. The molecule has 1 heterocycles. The number of rotatable bonds is 13. The molecule has 0 saturated heterocycles. The van der Waals surface area contributed by atoms with Crippen molar-refractivity contribution in [3.8, 4) is 0 Å². The molecule has 1 aromatic heterocycles. The maximum atomic E-state index is 13.0. The number of nitrogens with zero attached hydrogens (tertiary/aromatic N) is 3. The maximum Gasteiger partial charge on any atom is 0.220 e. The third-order valence-electron chi connectivity index (χ3n) is 6.37. The van der Waals surface area contributed by atoms with Gasteiger partial charge in [0.05, 0.1) is 0 Å². The minimum absolute atomic E-state index is 0.00422. The van der Waals surface area contributed by atoms with E-state index in [1.807, 2.05) is 6.07 Å². The molecule has 5 nitrogen and oxygen atoms in total. The number of unbranched alkanes of at least 4 members (excludes halogenated alkanes) is 1. The minimum Gasteiger partial charge on any atom is -0.352 e. The van der Waals surface area contributed by atoms with E-state index >= 15 is 0 Å². The topological polar surface area (TPSA) is 59.8 Å². The Hall–Kier alpha value is -3.45. The summed E-state index contributed by atoms with van der Waals surface area (Å²) >= 11 is 1.72. The average molecular weight is 531 g/mol. The van der Waals surface area contributed by atoms with E-state index in [2.05, 4.69) is 76.4 Å². The number of carbonyl (C=O) groups is 1. The molecule has 0 aliphatic carbocycles. The summed E-state index contributed by atoms with van der Waals surface area (Å²) < 4.78 is 15.3. The van der Waals surface area contributed by atoms with Gasteiger partial charge < -0.3 is 9.88 Å². The molecule has 4 aromatic rings. The lowest BCUT2D eigenvalue weighted by molar-refractivity contribution is -0.121. The Morgan fingerprint density at radius 3 is 2.34 bits per heavy atom. The molecule has 0 radical (unpaired) electrons. The number of halogens is 1. The van der Waals surface area contributed by atoms with E-state index in [1.165, 1.54) is 34.4 Å². The third kappa shape index (κ3) is 8.55. The molecule has 0 unspecified atom stereocenters. The van der Waals surface area contributed by atoms with E-state index < -0.39 is 0 Å². The number of nitrogens with one attached hydrogen (secondary N) is 1. The van der Waals surface area contributed by atoms with Crippen LogP contribution in [0.2, 0.25) is 0 Å². The summed E-state index contributed by atoms with van der Waals surface area (Å²) in [5.74, 6) is 1.55. The molecule has 0 saturated carbocycles. The molecule has 198 valence electrons. The van der Waals surface area contributed by atoms with Crippen LogP contribution in [-0.4, -0.2) is 20.7 Å². The van der Waals surface area contributed by atoms with Gasteiger partial charge in [-0.25, -0.2) is 4.39 Å². The average Bonchev–Trinajstić information content (AvgIpc) is 3.30. The van der Waals surface area contributed by atoms with Gasteiger partial charge in [-0.15, -0.1) is 10.2 Å². The molecule has 1 amide bonds. The molecule has 0 spiro atoms. The van der Waals surface area contributed by atoms with Crippen LogP contribution in [0.5, 0.6) is 0 Å². The number of hydrogen-bond donors (Lipinski definition) is 1. The van der Waals surface area contributed by atoms with Crippen LogP contribution in [0.4, 0.5) is 4.39 Å². The molecule has 38 heavy (non-hydrogen) atoms. The van der Waals surface area contributed by atoms with Gasteiger partial charge in [0.2, 0.25) is 5.91 Å². The monoisotopic (exact) mass is 530 g/mol. The van der Waals surface area contributed by atoms with Crippen LogP contribution in [0.25, 0.3) is 0 Å². The van der Waals surface area contributed by atoms with Crippen molar-refractivity contribution in [3.05, 3.63) is 112 Å². The SMILES string of the molecule is Cc1cc(C)cc(CSc2nnc(CCCCC(=O)NCc3ccc(F)cc3)n2CCc2ccccc2)c1. The fourth-order valence-electron chi connectivity index (χ4n) is 4.48. The van der Waals surface area contributed by atoms with Crippen molar-refractivity contribution in [3.63, 3.8) is 0 Å². The zero-order valence-corrected chi connectivity index (χ0v) is 22.9. The first-order valence-corrected chi connectivity index (χ1v) is 14.1. The van der Waals surface area contributed by atoms with Gasteiger partial charge in [-0.1, -0.05) is 83.6 Å². The van der Waals surface area contributed by atoms with E-state index in [-0.39, 0.29) is 11.7 Å². The Morgan fingerprint density at radius 2 is 1.61 bits per heavy atom. The van der Waals surface area contributed by atoms with E-state index in [4.69, 9.17) is 0 Å². The zero-order valence-electron chi connectivity index (χ0n) is 22.1. The van der Waals surface area contributed by atoms with E-state index in [0.717, 1.165) is 54.5 Å². The van der Waals surface area contributed by atoms with Crippen molar-refractivity contribution in [2.75, 3.05) is 0 Å². The molecule has 3 aromatic carbocycles. The Kier molecular flexibility index (Phi) is 10.1. The number of hydrogen-bond acceptors (Lipinski definition) is 4. The first-order chi connectivity index (χ1) is 18.5. The Balaban J connectivity index is 1.32. The maximum absolute atomic E-state index is 13.0. The summed E-state index contributed by atoms with van der Waals surface area (Å²) in [6, 6.07) is 23.3. The first-order valence-electron chi connectivity index (χ1n) is 13.1. The molecule has 0 bridgehead atoms. The lowest BCUT2D eigenvalue weighted by Gasteiger charge is -2.11. The van der Waals surface area contributed by atoms with Crippen LogP contribution in [0.1, 0.15) is 52.9 Å². The van der Waals surface area contributed by atoms with Gasteiger partial charge >= 0.3 is 0 Å². The van der Waals surface area contributed by atoms with Crippen LogP contribution in [0.15, 0.2) is 78.0 Å². The normalized spacial score (nSPS) is 11.0. The van der Waals surface area contributed by atoms with Gasteiger partial charge in [-0.3, -0.25) is 4.79 Å². The van der Waals surface area contributed by atoms with E-state index in [1.54, 1.807) is 23.9 Å². The van der Waals surface area contributed by atoms with Crippen molar-refractivity contribution in [1.82, 2.24) is 20.1 Å². The molecule has 0 atom stereocenters. The number of amides is 1. The summed E-state index contributed by atoms with van der Waals surface area (Å²) in [5, 5.41) is 12.9. The van der Waals surface area contributed by atoms with Crippen molar-refractivity contribution in [2.45, 2.75) is 70.0 Å².